The summed E-state index contributed by atoms with van der Waals surface area (Å²) in [6.45, 7) is 11.4. The van der Waals surface area contributed by atoms with Crippen LogP contribution >= 0.6 is 0 Å². The molecule has 170 valence electrons. The van der Waals surface area contributed by atoms with Crippen LogP contribution < -0.4 is 0 Å². The van der Waals surface area contributed by atoms with E-state index in [9.17, 15) is 14.7 Å². The van der Waals surface area contributed by atoms with Crippen LogP contribution in [0.4, 0.5) is 0 Å². The molecule has 0 aromatic rings. The molecular formula is C26H42O4. The minimum absolute atomic E-state index is 0.190. The molecule has 0 amide bonds. The summed E-state index contributed by atoms with van der Waals surface area (Å²) in [5.41, 5.74) is 0.412. The molecule has 0 bridgehead atoms. The van der Waals surface area contributed by atoms with Gasteiger partial charge >= 0.3 is 5.97 Å². The number of fused-ring (bicyclic) bond motifs is 5. The van der Waals surface area contributed by atoms with E-state index in [4.69, 9.17) is 4.74 Å². The smallest absolute Gasteiger partial charge is 0.302 e. The number of aliphatic hydroxyl groups excluding tert-OH is 1. The SMILES string of the molecule is CC[C@@H]1C(O)C2C(CC[C@@]3(C)C2CC[C@@H]3[C@H](C)COC(C)=O)[C@@]2(C)CCC(=O)CC12. The van der Waals surface area contributed by atoms with E-state index in [1.165, 1.54) is 32.6 Å². The Morgan fingerprint density at radius 1 is 1.13 bits per heavy atom. The summed E-state index contributed by atoms with van der Waals surface area (Å²) in [6, 6.07) is 0. The second-order valence-corrected chi connectivity index (χ2v) is 11.7. The van der Waals surface area contributed by atoms with Crippen LogP contribution in [0, 0.1) is 52.3 Å². The Morgan fingerprint density at radius 3 is 2.50 bits per heavy atom. The first-order valence-corrected chi connectivity index (χ1v) is 12.5. The summed E-state index contributed by atoms with van der Waals surface area (Å²) in [5, 5.41) is 11.7. The molecule has 0 aromatic carbocycles. The summed E-state index contributed by atoms with van der Waals surface area (Å²) in [7, 11) is 0. The summed E-state index contributed by atoms with van der Waals surface area (Å²) in [6.07, 6.45) is 7.83. The predicted octanol–water partition coefficient (Wildman–Crippen LogP) is 5.02. The fourth-order valence-electron chi connectivity index (χ4n) is 9.11. The topological polar surface area (TPSA) is 63.6 Å². The van der Waals surface area contributed by atoms with Gasteiger partial charge in [-0.15, -0.1) is 0 Å². The Labute approximate surface area is 182 Å². The van der Waals surface area contributed by atoms with Crippen LogP contribution in [0.1, 0.15) is 86.0 Å². The van der Waals surface area contributed by atoms with Crippen molar-refractivity contribution in [3.63, 3.8) is 0 Å². The standard InChI is InChI=1S/C26H42O4/c1-6-18-22-13-17(28)9-11-26(22,5)21-10-12-25(4)19(15(2)14-30-16(3)27)7-8-20(25)23(21)24(18)29/h15,18-24,29H,6-14H2,1-5H3/t15-,18+,19-,20?,21?,22?,23?,24?,25-,26-/m1/s1. The number of hydrogen-bond acceptors (Lipinski definition) is 4. The zero-order valence-electron chi connectivity index (χ0n) is 19.7. The van der Waals surface area contributed by atoms with Gasteiger partial charge in [0.1, 0.15) is 5.78 Å². The third kappa shape index (κ3) is 3.27. The Hall–Kier alpha value is -0.900. The highest BCUT2D eigenvalue weighted by atomic mass is 16.5. The molecule has 4 fully saturated rings. The Bertz CT molecular complexity index is 689. The first-order chi connectivity index (χ1) is 14.1. The van der Waals surface area contributed by atoms with Crippen LogP contribution in [0.3, 0.4) is 0 Å². The normalized spacial score (nSPS) is 49.0. The monoisotopic (exact) mass is 418 g/mol. The van der Waals surface area contributed by atoms with E-state index in [-0.39, 0.29) is 28.8 Å². The highest BCUT2D eigenvalue weighted by molar-refractivity contribution is 5.79. The van der Waals surface area contributed by atoms with Crippen LogP contribution in [-0.4, -0.2) is 29.6 Å². The van der Waals surface area contributed by atoms with Gasteiger partial charge in [0, 0.05) is 19.8 Å². The molecule has 4 heteroatoms. The second-order valence-electron chi connectivity index (χ2n) is 11.7. The summed E-state index contributed by atoms with van der Waals surface area (Å²) in [4.78, 5) is 23.7. The zero-order valence-corrected chi connectivity index (χ0v) is 19.7. The molecule has 0 heterocycles. The van der Waals surface area contributed by atoms with Crippen molar-refractivity contribution in [1.82, 2.24) is 0 Å². The van der Waals surface area contributed by atoms with Crippen molar-refractivity contribution in [3.05, 3.63) is 0 Å². The molecule has 5 unspecified atom stereocenters. The largest absolute Gasteiger partial charge is 0.466 e. The van der Waals surface area contributed by atoms with Crippen LogP contribution in [-0.2, 0) is 14.3 Å². The van der Waals surface area contributed by atoms with Crippen LogP contribution in [0.25, 0.3) is 0 Å². The maximum Gasteiger partial charge on any atom is 0.302 e. The minimum Gasteiger partial charge on any atom is -0.466 e. The van der Waals surface area contributed by atoms with Crippen molar-refractivity contribution in [3.8, 4) is 0 Å². The predicted molar refractivity (Wildman–Crippen MR) is 117 cm³/mol. The van der Waals surface area contributed by atoms with Crippen molar-refractivity contribution in [2.45, 2.75) is 92.1 Å². The van der Waals surface area contributed by atoms with Crippen molar-refractivity contribution in [1.29, 1.82) is 0 Å². The number of rotatable bonds is 4. The molecule has 4 rings (SSSR count). The second kappa shape index (κ2) is 7.90. The lowest BCUT2D eigenvalue weighted by Gasteiger charge is -2.64. The Balaban J connectivity index is 1.62. The molecule has 30 heavy (non-hydrogen) atoms. The van der Waals surface area contributed by atoms with Gasteiger partial charge < -0.3 is 9.84 Å². The van der Waals surface area contributed by atoms with E-state index in [1.54, 1.807) is 0 Å². The van der Waals surface area contributed by atoms with Crippen LogP contribution in [0.5, 0.6) is 0 Å². The first kappa shape index (κ1) is 22.3. The number of carbonyl (C=O) groups excluding carboxylic acids is 2. The summed E-state index contributed by atoms with van der Waals surface area (Å²) < 4.78 is 5.38. The zero-order chi connectivity index (χ0) is 21.8. The fraction of sp³-hybridized carbons (Fsp3) is 0.923. The number of esters is 1. The maximum absolute atomic E-state index is 12.3. The summed E-state index contributed by atoms with van der Waals surface area (Å²) in [5.74, 6) is 3.16. The van der Waals surface area contributed by atoms with Crippen molar-refractivity contribution in [2.24, 2.45) is 52.3 Å². The van der Waals surface area contributed by atoms with E-state index >= 15 is 0 Å². The number of Topliss-reactive ketones (excluding diaryl/α,β-unsaturated/α-hetero) is 1. The maximum atomic E-state index is 12.3. The van der Waals surface area contributed by atoms with Gasteiger partial charge in [0.25, 0.3) is 0 Å². The number of carbonyl (C=O) groups is 2. The van der Waals surface area contributed by atoms with Gasteiger partial charge in [0.2, 0.25) is 0 Å². The van der Waals surface area contributed by atoms with Crippen molar-refractivity contribution < 1.29 is 19.4 Å². The molecule has 0 radical (unpaired) electrons. The average Bonchev–Trinajstić information content (AvgIpc) is 3.05. The quantitative estimate of drug-likeness (QED) is 0.651. The Morgan fingerprint density at radius 2 is 1.83 bits per heavy atom. The number of ether oxygens (including phenoxy) is 1. The molecule has 4 aliphatic rings. The van der Waals surface area contributed by atoms with Crippen LogP contribution in [0.15, 0.2) is 0 Å². The van der Waals surface area contributed by atoms with E-state index in [0.717, 1.165) is 19.3 Å². The van der Waals surface area contributed by atoms with Gasteiger partial charge in [0.15, 0.2) is 0 Å². The van der Waals surface area contributed by atoms with Crippen molar-refractivity contribution in [2.75, 3.05) is 6.61 Å². The lowest BCUT2D eigenvalue weighted by atomic mass is 9.41. The first-order valence-electron chi connectivity index (χ1n) is 12.5. The molecule has 0 saturated heterocycles. The molecule has 1 N–H and O–H groups in total. The number of aliphatic hydroxyl groups is 1. The molecular weight excluding hydrogens is 376 g/mol. The van der Waals surface area contributed by atoms with Gasteiger partial charge in [-0.3, -0.25) is 9.59 Å². The van der Waals surface area contributed by atoms with Gasteiger partial charge in [0.05, 0.1) is 12.7 Å². The van der Waals surface area contributed by atoms with Gasteiger partial charge in [-0.25, -0.2) is 0 Å². The van der Waals surface area contributed by atoms with Gasteiger partial charge in [-0.2, -0.15) is 0 Å². The Kier molecular flexibility index (Phi) is 5.87. The third-order valence-corrected chi connectivity index (χ3v) is 10.5. The molecule has 4 saturated carbocycles. The van der Waals surface area contributed by atoms with E-state index in [2.05, 4.69) is 27.7 Å². The number of ketones is 1. The summed E-state index contributed by atoms with van der Waals surface area (Å²) >= 11 is 0. The van der Waals surface area contributed by atoms with Crippen LogP contribution in [0.2, 0.25) is 0 Å². The average molecular weight is 419 g/mol. The fourth-order valence-corrected chi connectivity index (χ4v) is 9.11. The van der Waals surface area contributed by atoms with E-state index in [0.29, 0.717) is 54.3 Å². The molecule has 4 aliphatic carbocycles. The lowest BCUT2D eigenvalue weighted by molar-refractivity contribution is -0.195. The molecule has 10 atom stereocenters. The van der Waals surface area contributed by atoms with Crippen molar-refractivity contribution >= 4 is 11.8 Å². The number of hydrogen-bond donors (Lipinski definition) is 1. The molecule has 0 aliphatic heterocycles. The highest BCUT2D eigenvalue weighted by Crippen LogP contribution is 2.69. The minimum atomic E-state index is -0.281. The lowest BCUT2D eigenvalue weighted by Crippen LogP contribution is -2.62. The highest BCUT2D eigenvalue weighted by Gasteiger charge is 2.64. The van der Waals surface area contributed by atoms with Gasteiger partial charge in [-0.1, -0.05) is 34.1 Å². The third-order valence-electron chi connectivity index (χ3n) is 10.5. The molecule has 4 nitrogen and oxygen atoms in total. The van der Waals surface area contributed by atoms with E-state index in [1.807, 2.05) is 0 Å². The molecule has 0 spiro atoms. The van der Waals surface area contributed by atoms with Gasteiger partial charge in [-0.05, 0) is 84.4 Å². The molecule has 0 aromatic heterocycles. The van der Waals surface area contributed by atoms with E-state index < -0.39 is 0 Å².